The Morgan fingerprint density at radius 2 is 1.64 bits per heavy atom. The quantitative estimate of drug-likeness (QED) is 0.600. The Labute approximate surface area is 149 Å². The zero-order valence-corrected chi connectivity index (χ0v) is 14.8. The zero-order valence-electron chi connectivity index (χ0n) is 14.8. The van der Waals surface area contributed by atoms with Gasteiger partial charge in [-0.05, 0) is 99.2 Å². The molecule has 1 aromatic rings. The van der Waals surface area contributed by atoms with Crippen molar-refractivity contribution in [2.75, 3.05) is 0 Å². The third-order valence-corrected chi connectivity index (χ3v) is 6.47. The summed E-state index contributed by atoms with van der Waals surface area (Å²) in [7, 11) is 0. The molecule has 0 bridgehead atoms. The van der Waals surface area contributed by atoms with E-state index in [1.165, 1.54) is 38.5 Å². The van der Waals surface area contributed by atoms with Gasteiger partial charge in [-0.3, -0.25) is 0 Å². The third-order valence-electron chi connectivity index (χ3n) is 6.47. The minimum Gasteiger partial charge on any atom is -0.216 e. The smallest absolute Gasteiger partial charge is 0.141 e. The van der Waals surface area contributed by atoms with Crippen molar-refractivity contribution in [3.63, 3.8) is 0 Å². The maximum atomic E-state index is 13.8. The highest BCUT2D eigenvalue weighted by Crippen LogP contribution is 2.44. The maximum absolute atomic E-state index is 13.8. The summed E-state index contributed by atoms with van der Waals surface area (Å²) in [4.78, 5) is 0. The van der Waals surface area contributed by atoms with Crippen LogP contribution in [0.15, 0.2) is 30.6 Å². The molecule has 0 aromatic heterocycles. The summed E-state index contributed by atoms with van der Waals surface area (Å²) in [5.74, 6) is 2.34. The molecule has 0 heterocycles. The largest absolute Gasteiger partial charge is 0.216 e. The molecule has 2 aliphatic carbocycles. The van der Waals surface area contributed by atoms with Crippen molar-refractivity contribution in [2.45, 2.75) is 63.7 Å². The highest BCUT2D eigenvalue weighted by Gasteiger charge is 2.31. The normalized spacial score (nSPS) is 30.3. The molecule has 25 heavy (non-hydrogen) atoms. The number of hydrogen-bond acceptors (Lipinski definition) is 1. The van der Waals surface area contributed by atoms with E-state index >= 15 is 0 Å². The second-order valence-electron chi connectivity index (χ2n) is 7.84. The fraction of sp³-hybridized carbons (Fsp3) is 0.591. The molecule has 2 aliphatic rings. The molecule has 0 atom stereocenters. The summed E-state index contributed by atoms with van der Waals surface area (Å²) in [6.07, 6.45) is 13.0. The number of nitrogens with zero attached hydrogens (tertiary/aromatic N) is 1. The summed E-state index contributed by atoms with van der Waals surface area (Å²) in [6.45, 7) is 0. The first-order valence-electron chi connectivity index (χ1n) is 9.66. The minimum atomic E-state index is -0.386. The average Bonchev–Trinajstić information content (AvgIpc) is 2.67. The lowest BCUT2D eigenvalue weighted by molar-refractivity contribution is 0.160. The van der Waals surface area contributed by atoms with E-state index in [0.29, 0.717) is 18.2 Å². The van der Waals surface area contributed by atoms with Gasteiger partial charge in [0.05, 0.1) is 11.9 Å². The molecule has 0 N–H and O–H groups in total. The van der Waals surface area contributed by atoms with Gasteiger partial charge in [0.2, 0.25) is 0 Å². The van der Waals surface area contributed by atoms with Crippen molar-refractivity contribution in [3.05, 3.63) is 47.5 Å². The van der Waals surface area contributed by atoms with Gasteiger partial charge in [0.15, 0.2) is 0 Å². The van der Waals surface area contributed by atoms with E-state index in [1.807, 2.05) is 12.1 Å². The van der Waals surface area contributed by atoms with Crippen LogP contribution in [0, 0.1) is 34.9 Å². The standard InChI is InChI=1S/C22H27F2N/c23-13-1-2-16-3-5-17(6-4-16)18-7-9-19(10-8-18)20-11-12-21(15-25)22(24)14-20/h1,11-14,16-19H,2-10H2/t16-,17-,18-,19-. The fourth-order valence-corrected chi connectivity index (χ4v) is 4.94. The van der Waals surface area contributed by atoms with Gasteiger partial charge in [0.25, 0.3) is 0 Å². The average molecular weight is 343 g/mol. The van der Waals surface area contributed by atoms with Gasteiger partial charge in [0.1, 0.15) is 11.9 Å². The van der Waals surface area contributed by atoms with Crippen molar-refractivity contribution in [1.82, 2.24) is 0 Å². The predicted octanol–water partition coefficient (Wildman–Crippen LogP) is 6.65. The Kier molecular flexibility index (Phi) is 6.24. The van der Waals surface area contributed by atoms with Crippen molar-refractivity contribution >= 4 is 0 Å². The van der Waals surface area contributed by atoms with Gasteiger partial charge in [-0.1, -0.05) is 12.1 Å². The second kappa shape index (κ2) is 8.61. The van der Waals surface area contributed by atoms with Crippen LogP contribution in [0.1, 0.15) is 74.8 Å². The molecule has 2 saturated carbocycles. The van der Waals surface area contributed by atoms with Crippen molar-refractivity contribution < 1.29 is 8.78 Å². The Hall–Kier alpha value is -1.69. The van der Waals surface area contributed by atoms with E-state index in [-0.39, 0.29) is 11.4 Å². The Morgan fingerprint density at radius 1 is 1.00 bits per heavy atom. The first kappa shape index (κ1) is 18.1. The molecule has 2 fully saturated rings. The first-order chi connectivity index (χ1) is 12.2. The monoisotopic (exact) mass is 343 g/mol. The van der Waals surface area contributed by atoms with E-state index < -0.39 is 0 Å². The third kappa shape index (κ3) is 4.48. The number of benzene rings is 1. The SMILES string of the molecule is N#Cc1ccc([C@H]2CC[C@H]([C@H]3CC[C@H](CC=CF)CC3)CC2)cc1F. The van der Waals surface area contributed by atoms with Crippen LogP contribution < -0.4 is 0 Å². The van der Waals surface area contributed by atoms with Crippen LogP contribution in [-0.4, -0.2) is 0 Å². The van der Waals surface area contributed by atoms with Crippen LogP contribution in [0.5, 0.6) is 0 Å². The van der Waals surface area contributed by atoms with E-state index in [9.17, 15) is 8.78 Å². The van der Waals surface area contributed by atoms with E-state index in [1.54, 1.807) is 18.2 Å². The Bertz CT molecular complexity index is 630. The van der Waals surface area contributed by atoms with Gasteiger partial charge >= 0.3 is 0 Å². The molecule has 3 heteroatoms. The second-order valence-corrected chi connectivity index (χ2v) is 7.84. The molecule has 3 rings (SSSR count). The number of nitriles is 1. The van der Waals surface area contributed by atoms with E-state index in [0.717, 1.165) is 36.7 Å². The summed E-state index contributed by atoms with van der Waals surface area (Å²) < 4.78 is 26.0. The number of halogens is 2. The molecule has 0 unspecified atom stereocenters. The van der Waals surface area contributed by atoms with Gasteiger partial charge in [0, 0.05) is 0 Å². The van der Waals surface area contributed by atoms with Gasteiger partial charge in [-0.15, -0.1) is 0 Å². The summed E-state index contributed by atoms with van der Waals surface area (Å²) in [5.41, 5.74) is 1.19. The molecule has 1 aromatic carbocycles. The van der Waals surface area contributed by atoms with Gasteiger partial charge < -0.3 is 0 Å². The predicted molar refractivity (Wildman–Crippen MR) is 96.1 cm³/mol. The lowest BCUT2D eigenvalue weighted by Crippen LogP contribution is -2.25. The summed E-state index contributed by atoms with van der Waals surface area (Å²) >= 11 is 0. The van der Waals surface area contributed by atoms with Crippen LogP contribution >= 0.6 is 0 Å². The maximum Gasteiger partial charge on any atom is 0.141 e. The summed E-state index contributed by atoms with van der Waals surface area (Å²) in [5, 5.41) is 8.85. The molecular weight excluding hydrogens is 316 g/mol. The highest BCUT2D eigenvalue weighted by molar-refractivity contribution is 5.34. The fourth-order valence-electron chi connectivity index (χ4n) is 4.94. The van der Waals surface area contributed by atoms with Crippen LogP contribution in [0.4, 0.5) is 8.78 Å². The molecule has 1 nitrogen and oxygen atoms in total. The highest BCUT2D eigenvalue weighted by atomic mass is 19.1. The minimum absolute atomic E-state index is 0.136. The lowest BCUT2D eigenvalue weighted by atomic mass is 9.68. The number of rotatable bonds is 4. The molecule has 0 aliphatic heterocycles. The van der Waals surface area contributed by atoms with E-state index in [2.05, 4.69) is 0 Å². The zero-order chi connectivity index (χ0) is 17.6. The first-order valence-corrected chi connectivity index (χ1v) is 9.66. The lowest BCUT2D eigenvalue weighted by Gasteiger charge is -2.38. The Balaban J connectivity index is 1.49. The van der Waals surface area contributed by atoms with Gasteiger partial charge in [-0.25, -0.2) is 8.78 Å². The van der Waals surface area contributed by atoms with Gasteiger partial charge in [-0.2, -0.15) is 5.26 Å². The molecule has 0 amide bonds. The Morgan fingerprint density at radius 3 is 2.20 bits per heavy atom. The van der Waals surface area contributed by atoms with Crippen molar-refractivity contribution in [3.8, 4) is 6.07 Å². The van der Waals surface area contributed by atoms with Crippen LogP contribution in [0.25, 0.3) is 0 Å². The molecule has 134 valence electrons. The number of allylic oxidation sites excluding steroid dienone is 1. The number of hydrogen-bond donors (Lipinski definition) is 0. The van der Waals surface area contributed by atoms with Crippen LogP contribution in [0.2, 0.25) is 0 Å². The molecule has 0 radical (unpaired) electrons. The van der Waals surface area contributed by atoms with Crippen LogP contribution in [0.3, 0.4) is 0 Å². The van der Waals surface area contributed by atoms with Crippen molar-refractivity contribution in [2.24, 2.45) is 17.8 Å². The van der Waals surface area contributed by atoms with E-state index in [4.69, 9.17) is 5.26 Å². The summed E-state index contributed by atoms with van der Waals surface area (Å²) in [6, 6.07) is 7.00. The molecule has 0 saturated heterocycles. The molecular formula is C22H27F2N. The topological polar surface area (TPSA) is 23.8 Å². The van der Waals surface area contributed by atoms with Crippen LogP contribution in [-0.2, 0) is 0 Å². The van der Waals surface area contributed by atoms with Crippen molar-refractivity contribution in [1.29, 1.82) is 5.26 Å². The molecule has 0 spiro atoms.